The van der Waals surface area contributed by atoms with Gasteiger partial charge in [0.15, 0.2) is 0 Å². The molecule has 0 aliphatic carbocycles. The molecule has 0 heterocycles. The van der Waals surface area contributed by atoms with Gasteiger partial charge in [-0.25, -0.2) is 0 Å². The van der Waals surface area contributed by atoms with Crippen LogP contribution < -0.4 is 0 Å². The Morgan fingerprint density at radius 2 is 1.80 bits per heavy atom. The van der Waals surface area contributed by atoms with E-state index in [1.807, 2.05) is 13.8 Å². The first-order valence-corrected chi connectivity index (χ1v) is 3.58. The van der Waals surface area contributed by atoms with Gasteiger partial charge in [0.05, 0.1) is 6.10 Å². The van der Waals surface area contributed by atoms with Gasteiger partial charge in [0.1, 0.15) is 0 Å². The van der Waals surface area contributed by atoms with E-state index in [0.717, 1.165) is 0 Å². The third kappa shape index (κ3) is 4.79. The van der Waals surface area contributed by atoms with Crippen LogP contribution in [-0.2, 0) is 0 Å². The molecule has 3 N–H and O–H groups in total. The van der Waals surface area contributed by atoms with E-state index in [0.29, 0.717) is 6.42 Å². The van der Waals surface area contributed by atoms with Crippen molar-refractivity contribution in [2.45, 2.75) is 32.7 Å². The summed E-state index contributed by atoms with van der Waals surface area (Å²) in [4.78, 5) is 0. The van der Waals surface area contributed by atoms with Gasteiger partial charge in [0.2, 0.25) is 0 Å². The highest BCUT2D eigenvalue weighted by atomic mass is 16.4. The molecule has 0 aromatic rings. The van der Waals surface area contributed by atoms with Crippen LogP contribution in [0.2, 0.25) is 6.32 Å². The predicted molar refractivity (Wildman–Crippen MR) is 40.5 cm³/mol. The first kappa shape index (κ1) is 9.94. The smallest absolute Gasteiger partial charge is 0.427 e. The zero-order chi connectivity index (χ0) is 8.15. The topological polar surface area (TPSA) is 60.7 Å². The molecule has 3 nitrogen and oxygen atoms in total. The average Bonchev–Trinajstić information content (AvgIpc) is 1.82. The van der Waals surface area contributed by atoms with Crippen molar-refractivity contribution in [1.82, 2.24) is 0 Å². The van der Waals surface area contributed by atoms with Crippen molar-refractivity contribution in [2.75, 3.05) is 0 Å². The number of hydrogen-bond donors (Lipinski definition) is 3. The Bertz CT molecular complexity index is 85.1. The number of rotatable bonds is 4. The third-order valence-electron chi connectivity index (χ3n) is 1.49. The molecule has 0 bridgehead atoms. The number of aliphatic hydroxyl groups excluding tert-OH is 1. The zero-order valence-electron chi connectivity index (χ0n) is 6.49. The highest BCUT2D eigenvalue weighted by Gasteiger charge is 2.13. The fourth-order valence-corrected chi connectivity index (χ4v) is 0.653. The first-order valence-electron chi connectivity index (χ1n) is 3.58. The van der Waals surface area contributed by atoms with Gasteiger partial charge in [-0.2, -0.15) is 0 Å². The lowest BCUT2D eigenvalue weighted by atomic mass is 9.82. The molecule has 0 radical (unpaired) electrons. The Morgan fingerprint density at radius 1 is 1.30 bits per heavy atom. The molecule has 1 atom stereocenters. The van der Waals surface area contributed by atoms with Crippen molar-refractivity contribution in [3.63, 3.8) is 0 Å². The Hall–Kier alpha value is -0.0551. The fourth-order valence-electron chi connectivity index (χ4n) is 0.653. The standard InChI is InChI=1S/C6H15BO3/c1-5(2)6(8)3-4-7(9)10/h5-6,8-10H,3-4H2,1-2H3. The van der Waals surface area contributed by atoms with E-state index in [-0.39, 0.29) is 12.2 Å². The van der Waals surface area contributed by atoms with Gasteiger partial charge in [0, 0.05) is 0 Å². The lowest BCUT2D eigenvalue weighted by molar-refractivity contribution is 0.119. The lowest BCUT2D eigenvalue weighted by Gasteiger charge is -2.12. The second-order valence-electron chi connectivity index (χ2n) is 2.87. The second kappa shape index (κ2) is 4.71. The van der Waals surface area contributed by atoms with Gasteiger partial charge >= 0.3 is 7.12 Å². The van der Waals surface area contributed by atoms with Crippen LogP contribution in [0.25, 0.3) is 0 Å². The van der Waals surface area contributed by atoms with Crippen LogP contribution in [0.1, 0.15) is 20.3 Å². The summed E-state index contributed by atoms with van der Waals surface area (Å²) in [5.74, 6) is 0.193. The summed E-state index contributed by atoms with van der Waals surface area (Å²) in [5, 5.41) is 26.0. The van der Waals surface area contributed by atoms with Gasteiger partial charge in [-0.05, 0) is 18.7 Å². The summed E-state index contributed by atoms with van der Waals surface area (Å²) < 4.78 is 0. The molecule has 0 aromatic carbocycles. The Labute approximate surface area is 61.8 Å². The molecule has 4 heteroatoms. The van der Waals surface area contributed by atoms with Crippen LogP contribution in [0.5, 0.6) is 0 Å². The molecule has 0 aromatic heterocycles. The molecule has 0 rings (SSSR count). The van der Waals surface area contributed by atoms with Crippen LogP contribution in [0.4, 0.5) is 0 Å². The maximum absolute atomic E-state index is 9.15. The monoisotopic (exact) mass is 146 g/mol. The second-order valence-corrected chi connectivity index (χ2v) is 2.87. The molecule has 60 valence electrons. The summed E-state index contributed by atoms with van der Waals surface area (Å²) in [7, 11) is -1.28. The highest BCUT2D eigenvalue weighted by Crippen LogP contribution is 2.08. The minimum atomic E-state index is -1.28. The van der Waals surface area contributed by atoms with Gasteiger partial charge in [-0.1, -0.05) is 13.8 Å². The molecule has 0 saturated heterocycles. The van der Waals surface area contributed by atoms with E-state index in [1.54, 1.807) is 0 Å². The van der Waals surface area contributed by atoms with Crippen molar-refractivity contribution >= 4 is 7.12 Å². The van der Waals surface area contributed by atoms with Gasteiger partial charge in [0.25, 0.3) is 0 Å². The van der Waals surface area contributed by atoms with Crippen molar-refractivity contribution in [3.8, 4) is 0 Å². The quantitative estimate of drug-likeness (QED) is 0.484. The normalized spacial score (nSPS) is 13.8. The van der Waals surface area contributed by atoms with Crippen molar-refractivity contribution in [3.05, 3.63) is 0 Å². The lowest BCUT2D eigenvalue weighted by Crippen LogP contribution is -2.19. The molecule has 0 spiro atoms. The van der Waals surface area contributed by atoms with Gasteiger partial charge < -0.3 is 15.2 Å². The first-order chi connectivity index (χ1) is 4.54. The van der Waals surface area contributed by atoms with Gasteiger partial charge in [-0.3, -0.25) is 0 Å². The molecular weight excluding hydrogens is 131 g/mol. The van der Waals surface area contributed by atoms with E-state index in [4.69, 9.17) is 15.2 Å². The van der Waals surface area contributed by atoms with Gasteiger partial charge in [-0.15, -0.1) is 0 Å². The number of aliphatic hydroxyl groups is 1. The van der Waals surface area contributed by atoms with E-state index in [2.05, 4.69) is 0 Å². The summed E-state index contributed by atoms with van der Waals surface area (Å²) in [6.07, 6.45) is 0.288. The van der Waals surface area contributed by atoms with Crippen LogP contribution in [0.15, 0.2) is 0 Å². The Balaban J connectivity index is 3.30. The molecule has 0 saturated carbocycles. The molecule has 0 fully saturated rings. The maximum atomic E-state index is 9.15. The average molecular weight is 146 g/mol. The number of hydrogen-bond acceptors (Lipinski definition) is 3. The van der Waals surface area contributed by atoms with Crippen LogP contribution in [-0.4, -0.2) is 28.4 Å². The van der Waals surface area contributed by atoms with Crippen molar-refractivity contribution in [2.24, 2.45) is 5.92 Å². The maximum Gasteiger partial charge on any atom is 0.451 e. The Kier molecular flexibility index (Phi) is 4.69. The third-order valence-corrected chi connectivity index (χ3v) is 1.49. The van der Waals surface area contributed by atoms with E-state index in [1.165, 1.54) is 0 Å². The van der Waals surface area contributed by atoms with E-state index < -0.39 is 13.2 Å². The molecule has 1 unspecified atom stereocenters. The van der Waals surface area contributed by atoms with E-state index >= 15 is 0 Å². The van der Waals surface area contributed by atoms with Crippen molar-refractivity contribution in [1.29, 1.82) is 0 Å². The zero-order valence-corrected chi connectivity index (χ0v) is 6.49. The Morgan fingerprint density at radius 3 is 2.10 bits per heavy atom. The summed E-state index contributed by atoms with van der Waals surface area (Å²) in [6.45, 7) is 3.79. The molecule has 0 amide bonds. The molecular formula is C6H15BO3. The SMILES string of the molecule is CC(C)C(O)CCB(O)O. The minimum Gasteiger partial charge on any atom is -0.427 e. The van der Waals surface area contributed by atoms with Crippen LogP contribution in [0.3, 0.4) is 0 Å². The molecule has 10 heavy (non-hydrogen) atoms. The van der Waals surface area contributed by atoms with E-state index in [9.17, 15) is 0 Å². The summed E-state index contributed by atoms with van der Waals surface area (Å²) in [6, 6.07) is 0. The van der Waals surface area contributed by atoms with Crippen molar-refractivity contribution < 1.29 is 15.2 Å². The largest absolute Gasteiger partial charge is 0.451 e. The fraction of sp³-hybridized carbons (Fsp3) is 1.00. The highest BCUT2D eigenvalue weighted by molar-refractivity contribution is 6.40. The minimum absolute atomic E-state index is 0.193. The molecule has 0 aliphatic heterocycles. The van der Waals surface area contributed by atoms with Crippen LogP contribution in [0, 0.1) is 5.92 Å². The summed E-state index contributed by atoms with van der Waals surface area (Å²) >= 11 is 0. The molecule has 0 aliphatic rings. The van der Waals surface area contributed by atoms with Crippen LogP contribution >= 0.6 is 0 Å². The predicted octanol–water partition coefficient (Wildman–Crippen LogP) is -0.134. The summed E-state index contributed by atoms with van der Waals surface area (Å²) in [5.41, 5.74) is 0.